The average Bonchev–Trinajstić information content (AvgIpc) is 2.34. The molecule has 0 amide bonds. The molecule has 0 N–H and O–H groups in total. The van der Waals surface area contributed by atoms with Gasteiger partial charge in [0.15, 0.2) is 0 Å². The number of hydrogen-bond acceptors (Lipinski definition) is 1. The maximum absolute atomic E-state index is 5.60. The van der Waals surface area contributed by atoms with Crippen LogP contribution in [-0.4, -0.2) is 7.11 Å². The van der Waals surface area contributed by atoms with E-state index < -0.39 is 0 Å². The molecule has 0 aliphatic rings. The van der Waals surface area contributed by atoms with Crippen molar-refractivity contribution in [1.82, 2.24) is 0 Å². The van der Waals surface area contributed by atoms with Crippen LogP contribution < -0.4 is 4.74 Å². The van der Waals surface area contributed by atoms with Gasteiger partial charge >= 0.3 is 0 Å². The summed E-state index contributed by atoms with van der Waals surface area (Å²) in [5.41, 5.74) is 4.46. The maximum atomic E-state index is 5.60. The Bertz CT molecular complexity index is 450. The van der Waals surface area contributed by atoms with Gasteiger partial charge in [0, 0.05) is 0 Å². The van der Waals surface area contributed by atoms with Crippen molar-refractivity contribution in [3.63, 3.8) is 0 Å². The van der Waals surface area contributed by atoms with Crippen LogP contribution in [0.15, 0.2) is 12.1 Å². The van der Waals surface area contributed by atoms with Crippen molar-refractivity contribution in [2.24, 2.45) is 0 Å². The van der Waals surface area contributed by atoms with E-state index in [1.165, 1.54) is 36.0 Å². The first-order chi connectivity index (χ1) is 9.13. The number of unbranched alkanes of at least 4 members (excludes halogenated alkanes) is 1. The molecule has 0 aliphatic carbocycles. The van der Waals surface area contributed by atoms with Gasteiger partial charge in [-0.2, -0.15) is 0 Å². The van der Waals surface area contributed by atoms with Crippen molar-refractivity contribution < 1.29 is 4.74 Å². The third-order valence-corrected chi connectivity index (χ3v) is 4.24. The highest BCUT2D eigenvalue weighted by Gasteiger charge is 2.27. The fourth-order valence-corrected chi connectivity index (χ4v) is 2.92. The molecule has 1 nitrogen and oxygen atoms in total. The molecule has 0 atom stereocenters. The monoisotopic (exact) mass is 276 g/mol. The van der Waals surface area contributed by atoms with Crippen LogP contribution in [0.25, 0.3) is 0 Å². The molecule has 20 heavy (non-hydrogen) atoms. The second kappa shape index (κ2) is 6.20. The third-order valence-electron chi connectivity index (χ3n) is 4.24. The molecule has 114 valence electrons. The number of rotatable bonds is 5. The zero-order chi connectivity index (χ0) is 15.6. The number of benzene rings is 1. The van der Waals surface area contributed by atoms with Crippen molar-refractivity contribution in [2.75, 3.05) is 7.11 Å². The largest absolute Gasteiger partial charge is 0.496 e. The molecule has 0 heterocycles. The highest BCUT2D eigenvalue weighted by Crippen LogP contribution is 2.39. The summed E-state index contributed by atoms with van der Waals surface area (Å²) >= 11 is 0. The van der Waals surface area contributed by atoms with Crippen molar-refractivity contribution in [3.05, 3.63) is 28.8 Å². The Morgan fingerprint density at radius 1 is 1.00 bits per heavy atom. The molecule has 1 rings (SSSR count). The average molecular weight is 276 g/mol. The lowest BCUT2D eigenvalue weighted by molar-refractivity contribution is 0.394. The predicted octanol–water partition coefficient (Wildman–Crippen LogP) is 5.77. The van der Waals surface area contributed by atoms with E-state index in [4.69, 9.17) is 4.74 Å². The van der Waals surface area contributed by atoms with Gasteiger partial charge in [-0.05, 0) is 46.9 Å². The molecule has 1 heteroatoms. The second-order valence-electron chi connectivity index (χ2n) is 7.60. The zero-order valence-corrected chi connectivity index (χ0v) is 14.7. The summed E-state index contributed by atoms with van der Waals surface area (Å²) in [6, 6.07) is 4.59. The van der Waals surface area contributed by atoms with E-state index in [1.807, 2.05) is 0 Å². The van der Waals surface area contributed by atoms with E-state index in [2.05, 4.69) is 60.6 Å². The van der Waals surface area contributed by atoms with Gasteiger partial charge in [-0.15, -0.1) is 0 Å². The van der Waals surface area contributed by atoms with E-state index in [1.54, 1.807) is 7.11 Å². The Labute approximate surface area is 125 Å². The zero-order valence-electron chi connectivity index (χ0n) is 14.7. The van der Waals surface area contributed by atoms with Gasteiger partial charge in [-0.1, -0.05) is 60.5 Å². The summed E-state index contributed by atoms with van der Waals surface area (Å²) in [6.07, 6.45) is 3.77. The minimum Gasteiger partial charge on any atom is -0.496 e. The first-order valence-corrected chi connectivity index (χ1v) is 7.83. The van der Waals surface area contributed by atoms with Crippen molar-refractivity contribution in [3.8, 4) is 5.75 Å². The molecular formula is C19H32O. The molecule has 0 radical (unpaired) electrons. The lowest BCUT2D eigenvalue weighted by Gasteiger charge is -2.31. The fraction of sp³-hybridized carbons (Fsp3) is 0.684. The standard InChI is InChI=1S/C19H32O/c1-9-10-11-19(6,7)15-13-16(18(3,4)5)17(20-8)12-14(15)2/h12-13H,9-11H2,1-8H3. The molecule has 1 aromatic rings. The van der Waals surface area contributed by atoms with Gasteiger partial charge in [0.2, 0.25) is 0 Å². The van der Waals surface area contributed by atoms with Crippen molar-refractivity contribution >= 4 is 0 Å². The number of aryl methyl sites for hydroxylation is 1. The van der Waals surface area contributed by atoms with Gasteiger partial charge in [0.1, 0.15) is 5.75 Å². The first kappa shape index (κ1) is 17.1. The van der Waals surface area contributed by atoms with Gasteiger partial charge in [0.25, 0.3) is 0 Å². The molecule has 0 spiro atoms. The molecule has 0 unspecified atom stereocenters. The van der Waals surface area contributed by atoms with Crippen LogP contribution in [0.3, 0.4) is 0 Å². The van der Waals surface area contributed by atoms with E-state index in [-0.39, 0.29) is 10.8 Å². The van der Waals surface area contributed by atoms with Gasteiger partial charge < -0.3 is 4.74 Å². The predicted molar refractivity (Wildman–Crippen MR) is 89.0 cm³/mol. The van der Waals surface area contributed by atoms with E-state index in [9.17, 15) is 0 Å². The van der Waals surface area contributed by atoms with Crippen LogP contribution in [0, 0.1) is 6.92 Å². The first-order valence-electron chi connectivity index (χ1n) is 7.83. The Kier molecular flexibility index (Phi) is 5.29. The number of hydrogen-bond donors (Lipinski definition) is 0. The minimum atomic E-state index is 0.106. The molecule has 0 aliphatic heterocycles. The molecule has 0 aromatic heterocycles. The van der Waals surface area contributed by atoms with Crippen LogP contribution in [0.5, 0.6) is 5.75 Å². The van der Waals surface area contributed by atoms with Crippen molar-refractivity contribution in [1.29, 1.82) is 0 Å². The molecular weight excluding hydrogens is 244 g/mol. The normalized spacial score (nSPS) is 12.6. The summed E-state index contributed by atoms with van der Waals surface area (Å²) < 4.78 is 5.60. The summed E-state index contributed by atoms with van der Waals surface area (Å²) in [5, 5.41) is 0. The van der Waals surface area contributed by atoms with Crippen LogP contribution >= 0.6 is 0 Å². The molecule has 0 bridgehead atoms. The van der Waals surface area contributed by atoms with Gasteiger partial charge in [0.05, 0.1) is 7.11 Å². The molecule has 0 fully saturated rings. The van der Waals surface area contributed by atoms with E-state index in [0.29, 0.717) is 0 Å². The highest BCUT2D eigenvalue weighted by molar-refractivity contribution is 5.48. The van der Waals surface area contributed by atoms with Crippen LogP contribution in [0.1, 0.15) is 77.5 Å². The Morgan fingerprint density at radius 3 is 2.05 bits per heavy atom. The fourth-order valence-electron chi connectivity index (χ4n) is 2.92. The van der Waals surface area contributed by atoms with Gasteiger partial charge in [-0.3, -0.25) is 0 Å². The number of methoxy groups -OCH3 is 1. The Morgan fingerprint density at radius 2 is 1.60 bits per heavy atom. The Balaban J connectivity index is 3.34. The lowest BCUT2D eigenvalue weighted by Crippen LogP contribution is -2.21. The van der Waals surface area contributed by atoms with E-state index in [0.717, 1.165) is 5.75 Å². The lowest BCUT2D eigenvalue weighted by atomic mass is 9.75. The summed E-state index contributed by atoms with van der Waals surface area (Å²) in [7, 11) is 1.77. The summed E-state index contributed by atoms with van der Waals surface area (Å²) in [4.78, 5) is 0. The quantitative estimate of drug-likeness (QED) is 0.663. The Hall–Kier alpha value is -0.980. The minimum absolute atomic E-state index is 0.106. The summed E-state index contributed by atoms with van der Waals surface area (Å²) in [5.74, 6) is 1.02. The van der Waals surface area contributed by atoms with Crippen LogP contribution in [0.2, 0.25) is 0 Å². The number of ether oxygens (including phenoxy) is 1. The van der Waals surface area contributed by atoms with Crippen molar-refractivity contribution in [2.45, 2.75) is 78.6 Å². The molecule has 1 aromatic carbocycles. The third kappa shape index (κ3) is 3.77. The maximum Gasteiger partial charge on any atom is 0.122 e. The molecule has 0 saturated carbocycles. The second-order valence-corrected chi connectivity index (χ2v) is 7.60. The molecule has 0 saturated heterocycles. The topological polar surface area (TPSA) is 9.23 Å². The van der Waals surface area contributed by atoms with Gasteiger partial charge in [-0.25, -0.2) is 0 Å². The SMILES string of the molecule is CCCCC(C)(C)c1cc(C(C)(C)C)c(OC)cc1C. The van der Waals surface area contributed by atoms with Crippen LogP contribution in [0.4, 0.5) is 0 Å². The smallest absolute Gasteiger partial charge is 0.122 e. The van der Waals surface area contributed by atoms with Crippen LogP contribution in [-0.2, 0) is 10.8 Å². The highest BCUT2D eigenvalue weighted by atomic mass is 16.5. The summed E-state index contributed by atoms with van der Waals surface area (Å²) in [6.45, 7) is 16.0. The van der Waals surface area contributed by atoms with E-state index >= 15 is 0 Å².